The predicted octanol–water partition coefficient (Wildman–Crippen LogP) is 6.59. The van der Waals surface area contributed by atoms with Crippen LogP contribution in [-0.4, -0.2) is 73.4 Å². The van der Waals surface area contributed by atoms with Crippen molar-refractivity contribution in [1.82, 2.24) is 15.7 Å². The molecule has 0 aromatic heterocycles. The van der Waals surface area contributed by atoms with Crippen LogP contribution < -0.4 is 10.6 Å². The summed E-state index contributed by atoms with van der Waals surface area (Å²) in [6.07, 6.45) is 4.34. The second-order valence-electron chi connectivity index (χ2n) is 12.1. The SMILES string of the molecule is COCCN1C[C@@H](CNC(=O)N/C(C)=C(C)/C(=N\CCCc2ccccc2)c2ccc(N=S(C)(C)=O)cc2)[C@H](c2ccc(F)c(F)c2)O1. The average molecular weight is 682 g/mol. The zero-order valence-corrected chi connectivity index (χ0v) is 29.0. The molecule has 3 aromatic carbocycles. The van der Waals surface area contributed by atoms with Gasteiger partial charge in [0.15, 0.2) is 11.6 Å². The van der Waals surface area contributed by atoms with E-state index in [1.807, 2.05) is 56.3 Å². The van der Waals surface area contributed by atoms with Crippen LogP contribution in [0.1, 0.15) is 43.1 Å². The molecule has 0 aliphatic carbocycles. The van der Waals surface area contributed by atoms with Crippen LogP contribution >= 0.6 is 0 Å². The summed E-state index contributed by atoms with van der Waals surface area (Å²) in [6, 6.07) is 20.9. The molecule has 1 heterocycles. The van der Waals surface area contributed by atoms with E-state index in [-0.39, 0.29) is 12.5 Å². The van der Waals surface area contributed by atoms with Gasteiger partial charge in [0.2, 0.25) is 0 Å². The fourth-order valence-corrected chi connectivity index (χ4v) is 6.00. The van der Waals surface area contributed by atoms with Gasteiger partial charge < -0.3 is 15.4 Å². The molecule has 2 N–H and O–H groups in total. The van der Waals surface area contributed by atoms with Crippen LogP contribution in [0.2, 0.25) is 0 Å². The molecular weight excluding hydrogens is 636 g/mol. The van der Waals surface area contributed by atoms with Crippen molar-refractivity contribution in [3.8, 4) is 0 Å². The fraction of sp³-hybridized carbons (Fsp3) is 0.389. The van der Waals surface area contributed by atoms with Gasteiger partial charge >= 0.3 is 6.03 Å². The number of halogens is 2. The number of nitrogens with one attached hydrogen (secondary N) is 2. The molecule has 1 fully saturated rings. The lowest BCUT2D eigenvalue weighted by molar-refractivity contribution is -0.155. The highest BCUT2D eigenvalue weighted by Gasteiger charge is 2.36. The quantitative estimate of drug-likeness (QED) is 0.148. The van der Waals surface area contributed by atoms with E-state index in [0.29, 0.717) is 43.2 Å². The molecule has 2 amide bonds. The Kier molecular flexibility index (Phi) is 13.4. The third-order valence-electron chi connectivity index (χ3n) is 7.89. The van der Waals surface area contributed by atoms with Crippen molar-refractivity contribution in [2.75, 3.05) is 52.4 Å². The van der Waals surface area contributed by atoms with E-state index in [1.54, 1.807) is 24.7 Å². The number of hydrogen-bond donors (Lipinski definition) is 2. The zero-order valence-electron chi connectivity index (χ0n) is 28.2. The fourth-order valence-electron chi connectivity index (χ4n) is 5.37. The summed E-state index contributed by atoms with van der Waals surface area (Å²) < 4.78 is 49.3. The first-order valence-electron chi connectivity index (χ1n) is 15.9. The first kappa shape index (κ1) is 36.9. The molecule has 0 unspecified atom stereocenters. The third kappa shape index (κ3) is 11.0. The Morgan fingerprint density at radius 2 is 1.77 bits per heavy atom. The Morgan fingerprint density at radius 1 is 1.04 bits per heavy atom. The number of aryl methyl sites for hydroxylation is 1. The van der Waals surface area contributed by atoms with Gasteiger partial charge in [-0.15, -0.1) is 0 Å². The van der Waals surface area contributed by atoms with E-state index in [4.69, 9.17) is 14.6 Å². The molecule has 48 heavy (non-hydrogen) atoms. The van der Waals surface area contributed by atoms with Gasteiger partial charge in [-0.25, -0.2) is 17.8 Å². The lowest BCUT2D eigenvalue weighted by Crippen LogP contribution is -2.39. The lowest BCUT2D eigenvalue weighted by Gasteiger charge is -2.19. The Hall–Kier alpha value is -3.97. The molecule has 4 rings (SSSR count). The number of amides is 2. The van der Waals surface area contributed by atoms with Crippen LogP contribution in [-0.2, 0) is 25.7 Å². The summed E-state index contributed by atoms with van der Waals surface area (Å²) in [4.78, 5) is 24.1. The lowest BCUT2D eigenvalue weighted by atomic mass is 9.96. The minimum Gasteiger partial charge on any atom is -0.383 e. The van der Waals surface area contributed by atoms with E-state index >= 15 is 0 Å². The number of carbonyl (C=O) groups is 1. The van der Waals surface area contributed by atoms with Gasteiger partial charge in [-0.2, -0.15) is 9.43 Å². The van der Waals surface area contributed by atoms with Crippen LogP contribution in [0.4, 0.5) is 19.3 Å². The van der Waals surface area contributed by atoms with Crippen LogP contribution in [0.5, 0.6) is 0 Å². The van der Waals surface area contributed by atoms with E-state index in [1.165, 1.54) is 11.6 Å². The molecule has 0 radical (unpaired) electrons. The number of carbonyl (C=O) groups excluding carboxylic acids is 1. The van der Waals surface area contributed by atoms with Crippen LogP contribution in [0.15, 0.2) is 93.4 Å². The van der Waals surface area contributed by atoms with E-state index < -0.39 is 33.5 Å². The van der Waals surface area contributed by atoms with Gasteiger partial charge in [0, 0.05) is 72.7 Å². The molecule has 1 aliphatic heterocycles. The second-order valence-corrected chi connectivity index (χ2v) is 14.6. The highest BCUT2D eigenvalue weighted by Crippen LogP contribution is 2.34. The van der Waals surface area contributed by atoms with Crippen molar-refractivity contribution in [1.29, 1.82) is 0 Å². The second kappa shape index (κ2) is 17.4. The molecule has 1 saturated heterocycles. The van der Waals surface area contributed by atoms with Gasteiger partial charge in [-0.3, -0.25) is 9.83 Å². The molecule has 12 heteroatoms. The molecular formula is C36H45F2N5O4S. The van der Waals surface area contributed by atoms with Crippen molar-refractivity contribution in [3.05, 3.63) is 112 Å². The molecule has 9 nitrogen and oxygen atoms in total. The topological polar surface area (TPSA) is 105 Å². The van der Waals surface area contributed by atoms with Gasteiger partial charge in [-0.05, 0) is 67.7 Å². The van der Waals surface area contributed by atoms with Crippen molar-refractivity contribution in [2.24, 2.45) is 15.3 Å². The molecule has 2 atom stereocenters. The number of allylic oxidation sites excluding steroid dienone is 2. The van der Waals surface area contributed by atoms with Crippen molar-refractivity contribution >= 4 is 27.2 Å². The predicted molar refractivity (Wildman–Crippen MR) is 187 cm³/mol. The monoisotopic (exact) mass is 681 g/mol. The van der Waals surface area contributed by atoms with Gasteiger partial charge in [0.25, 0.3) is 0 Å². The number of rotatable bonds is 14. The number of hydroxylamine groups is 2. The number of aliphatic imine (C=N–C) groups is 1. The summed E-state index contributed by atoms with van der Waals surface area (Å²) in [5.41, 5.74) is 5.34. The van der Waals surface area contributed by atoms with Gasteiger partial charge in [0.05, 0.1) is 18.0 Å². The van der Waals surface area contributed by atoms with Gasteiger partial charge in [-0.1, -0.05) is 48.5 Å². The maximum Gasteiger partial charge on any atom is 0.318 e. The van der Waals surface area contributed by atoms with Crippen LogP contribution in [0, 0.1) is 17.6 Å². The van der Waals surface area contributed by atoms with Crippen molar-refractivity contribution < 1.29 is 27.4 Å². The van der Waals surface area contributed by atoms with Crippen LogP contribution in [0.3, 0.4) is 0 Å². The van der Waals surface area contributed by atoms with Crippen LogP contribution in [0.25, 0.3) is 0 Å². The normalized spacial score (nSPS) is 17.6. The number of hydrogen-bond acceptors (Lipinski definition) is 7. The summed E-state index contributed by atoms with van der Waals surface area (Å²) >= 11 is 0. The number of methoxy groups -OCH3 is 1. The first-order chi connectivity index (χ1) is 22.9. The summed E-state index contributed by atoms with van der Waals surface area (Å²) in [5.74, 6) is -2.12. The Balaban J connectivity index is 1.48. The van der Waals surface area contributed by atoms with Crippen molar-refractivity contribution in [2.45, 2.75) is 32.8 Å². The molecule has 0 bridgehead atoms. The minimum atomic E-state index is -2.31. The zero-order chi connectivity index (χ0) is 34.7. The molecule has 258 valence electrons. The third-order valence-corrected chi connectivity index (χ3v) is 8.54. The largest absolute Gasteiger partial charge is 0.383 e. The molecule has 3 aromatic rings. The number of urea groups is 1. The number of ether oxygens (including phenoxy) is 1. The molecule has 0 spiro atoms. The Bertz CT molecular complexity index is 1720. The first-order valence-corrected chi connectivity index (χ1v) is 18.2. The standard InChI is InChI=1S/C36H45F2N5O4S/c1-25(34(39-19-9-12-27-10-7-6-8-11-27)28-13-16-31(17-14-28)42-48(4,5)45)26(2)41-36(44)40-23-30-24-43(20-21-46-3)47-35(30)29-15-18-32(37)33(38)22-29/h6-8,10-11,13-18,22,30,35H,9,12,19-21,23-24H2,1-5H3,(H2,40,41,44)/b26-25+,39-34+/t30-,35+/m1/s1. The summed E-state index contributed by atoms with van der Waals surface area (Å²) in [5, 5.41) is 7.57. The molecule has 1 aliphatic rings. The number of nitrogens with zero attached hydrogens (tertiary/aromatic N) is 3. The maximum absolute atomic E-state index is 14.1. The minimum absolute atomic E-state index is 0.227. The summed E-state index contributed by atoms with van der Waals surface area (Å²) in [6.45, 7) is 5.92. The van der Waals surface area contributed by atoms with Crippen molar-refractivity contribution in [3.63, 3.8) is 0 Å². The van der Waals surface area contributed by atoms with E-state index in [0.717, 1.165) is 41.8 Å². The number of benzene rings is 3. The Morgan fingerprint density at radius 3 is 2.44 bits per heavy atom. The van der Waals surface area contributed by atoms with Gasteiger partial charge in [0.1, 0.15) is 6.10 Å². The summed E-state index contributed by atoms with van der Waals surface area (Å²) in [7, 11) is -0.717. The maximum atomic E-state index is 14.1. The highest BCUT2D eigenvalue weighted by molar-refractivity contribution is 7.92. The van der Waals surface area contributed by atoms with E-state index in [2.05, 4.69) is 27.1 Å². The Labute approximate surface area is 282 Å². The highest BCUT2D eigenvalue weighted by atomic mass is 32.2. The van der Waals surface area contributed by atoms with E-state index in [9.17, 15) is 17.8 Å². The average Bonchev–Trinajstić information content (AvgIpc) is 3.47. The molecule has 0 saturated carbocycles. The smallest absolute Gasteiger partial charge is 0.318 e.